The molecule has 0 aliphatic rings. The van der Waals surface area contributed by atoms with Gasteiger partial charge in [-0.15, -0.1) is 0 Å². The Morgan fingerprint density at radius 2 is 1.92 bits per heavy atom. The van der Waals surface area contributed by atoms with Gasteiger partial charge in [0, 0.05) is 13.1 Å². The fraction of sp³-hybridized carbons (Fsp3) is 0.400. The van der Waals surface area contributed by atoms with Gasteiger partial charge in [0.05, 0.1) is 6.61 Å². The first kappa shape index (κ1) is 9.23. The SMILES string of the molecule is CN(CCO)Cc1ccccc1. The first-order valence-corrected chi connectivity index (χ1v) is 4.16. The Balaban J connectivity index is 2.41. The van der Waals surface area contributed by atoms with Gasteiger partial charge in [-0.3, -0.25) is 4.90 Å². The minimum Gasteiger partial charge on any atom is -0.395 e. The Morgan fingerprint density at radius 3 is 2.50 bits per heavy atom. The molecule has 1 aromatic carbocycles. The van der Waals surface area contributed by atoms with Gasteiger partial charge < -0.3 is 5.11 Å². The van der Waals surface area contributed by atoms with Crippen molar-refractivity contribution in [1.29, 1.82) is 0 Å². The molecule has 0 bridgehead atoms. The maximum absolute atomic E-state index is 8.67. The summed E-state index contributed by atoms with van der Waals surface area (Å²) in [6.45, 7) is 1.86. The van der Waals surface area contributed by atoms with E-state index in [9.17, 15) is 0 Å². The summed E-state index contributed by atoms with van der Waals surface area (Å²) in [6, 6.07) is 10.3. The zero-order chi connectivity index (χ0) is 8.81. The molecule has 0 aliphatic heterocycles. The number of likely N-dealkylation sites (N-methyl/N-ethyl adjacent to an activating group) is 1. The number of aliphatic hydroxyl groups is 1. The molecule has 0 aliphatic carbocycles. The zero-order valence-electron chi connectivity index (χ0n) is 7.40. The molecule has 0 saturated heterocycles. The lowest BCUT2D eigenvalue weighted by atomic mass is 10.2. The lowest BCUT2D eigenvalue weighted by Gasteiger charge is -2.14. The third kappa shape index (κ3) is 3.03. The number of aliphatic hydroxyl groups excluding tert-OH is 1. The molecule has 0 saturated carbocycles. The summed E-state index contributed by atoms with van der Waals surface area (Å²) in [4.78, 5) is 2.09. The lowest BCUT2D eigenvalue weighted by Crippen LogP contribution is -2.21. The van der Waals surface area contributed by atoms with E-state index in [2.05, 4.69) is 17.0 Å². The normalized spacial score (nSPS) is 10.6. The predicted molar refractivity (Wildman–Crippen MR) is 49.9 cm³/mol. The van der Waals surface area contributed by atoms with E-state index in [1.807, 2.05) is 25.2 Å². The minimum atomic E-state index is 0.226. The molecule has 1 N–H and O–H groups in total. The highest BCUT2D eigenvalue weighted by Crippen LogP contribution is 2.01. The molecule has 0 radical (unpaired) electrons. The van der Waals surface area contributed by atoms with Crippen LogP contribution in [0, 0.1) is 0 Å². The highest BCUT2D eigenvalue weighted by atomic mass is 16.3. The molecular weight excluding hydrogens is 150 g/mol. The van der Waals surface area contributed by atoms with Gasteiger partial charge >= 0.3 is 0 Å². The largest absolute Gasteiger partial charge is 0.395 e. The zero-order valence-corrected chi connectivity index (χ0v) is 7.40. The molecule has 0 amide bonds. The Kier molecular flexibility index (Phi) is 3.77. The third-order valence-corrected chi connectivity index (χ3v) is 1.78. The van der Waals surface area contributed by atoms with Gasteiger partial charge in [0.25, 0.3) is 0 Å². The smallest absolute Gasteiger partial charge is 0.0558 e. The molecule has 0 atom stereocenters. The van der Waals surface area contributed by atoms with E-state index in [-0.39, 0.29) is 6.61 Å². The van der Waals surface area contributed by atoms with Crippen molar-refractivity contribution >= 4 is 0 Å². The van der Waals surface area contributed by atoms with Crippen LogP contribution in [0.3, 0.4) is 0 Å². The van der Waals surface area contributed by atoms with Crippen molar-refractivity contribution in [1.82, 2.24) is 4.90 Å². The summed E-state index contributed by atoms with van der Waals surface area (Å²) in [5.74, 6) is 0. The van der Waals surface area contributed by atoms with Crippen LogP contribution < -0.4 is 0 Å². The van der Waals surface area contributed by atoms with Crippen LogP contribution in [0.25, 0.3) is 0 Å². The second kappa shape index (κ2) is 4.91. The number of nitrogens with zero attached hydrogens (tertiary/aromatic N) is 1. The standard InChI is InChI=1S/C10H15NO/c1-11(7-8-12)9-10-5-3-2-4-6-10/h2-6,12H,7-9H2,1H3. The molecule has 0 spiro atoms. The second-order valence-corrected chi connectivity index (χ2v) is 2.95. The van der Waals surface area contributed by atoms with Crippen molar-refractivity contribution in [3.8, 4) is 0 Å². The Bertz CT molecular complexity index is 210. The van der Waals surface area contributed by atoms with Gasteiger partial charge in [-0.2, -0.15) is 0 Å². The monoisotopic (exact) mass is 165 g/mol. The summed E-state index contributed by atoms with van der Waals surface area (Å²) in [6.07, 6.45) is 0. The third-order valence-electron chi connectivity index (χ3n) is 1.78. The Morgan fingerprint density at radius 1 is 1.25 bits per heavy atom. The summed E-state index contributed by atoms with van der Waals surface area (Å²) in [7, 11) is 2.00. The first-order valence-electron chi connectivity index (χ1n) is 4.16. The van der Waals surface area contributed by atoms with Crippen LogP contribution in [-0.4, -0.2) is 30.2 Å². The van der Waals surface area contributed by atoms with Gasteiger partial charge in [-0.05, 0) is 12.6 Å². The molecule has 2 heteroatoms. The maximum atomic E-state index is 8.67. The van der Waals surface area contributed by atoms with E-state index in [0.29, 0.717) is 0 Å². The molecule has 0 unspecified atom stereocenters. The van der Waals surface area contributed by atoms with Gasteiger partial charge in [0.15, 0.2) is 0 Å². The fourth-order valence-electron chi connectivity index (χ4n) is 1.14. The van der Waals surface area contributed by atoms with Crippen LogP contribution in [0.4, 0.5) is 0 Å². The van der Waals surface area contributed by atoms with E-state index < -0.39 is 0 Å². The summed E-state index contributed by atoms with van der Waals surface area (Å²) in [5.41, 5.74) is 1.29. The molecule has 0 heterocycles. The molecule has 0 aromatic heterocycles. The number of hydrogen-bond acceptors (Lipinski definition) is 2. The minimum absolute atomic E-state index is 0.226. The molecular formula is C10H15NO. The van der Waals surface area contributed by atoms with Crippen molar-refractivity contribution < 1.29 is 5.11 Å². The van der Waals surface area contributed by atoms with Crippen LogP contribution in [0.2, 0.25) is 0 Å². The van der Waals surface area contributed by atoms with E-state index >= 15 is 0 Å². The number of rotatable bonds is 4. The van der Waals surface area contributed by atoms with Gasteiger partial charge in [0.1, 0.15) is 0 Å². The quantitative estimate of drug-likeness (QED) is 0.722. The highest BCUT2D eigenvalue weighted by molar-refractivity contribution is 5.14. The molecule has 1 aromatic rings. The topological polar surface area (TPSA) is 23.5 Å². The molecule has 66 valence electrons. The van der Waals surface area contributed by atoms with Crippen molar-refractivity contribution in [2.75, 3.05) is 20.2 Å². The molecule has 0 fully saturated rings. The molecule has 2 nitrogen and oxygen atoms in total. The Labute approximate surface area is 73.4 Å². The lowest BCUT2D eigenvalue weighted by molar-refractivity contribution is 0.217. The summed E-state index contributed by atoms with van der Waals surface area (Å²) >= 11 is 0. The van der Waals surface area contributed by atoms with E-state index in [0.717, 1.165) is 13.1 Å². The number of hydrogen-bond donors (Lipinski definition) is 1. The fourth-order valence-corrected chi connectivity index (χ4v) is 1.14. The van der Waals surface area contributed by atoms with E-state index in [1.165, 1.54) is 5.56 Å². The van der Waals surface area contributed by atoms with E-state index in [4.69, 9.17) is 5.11 Å². The van der Waals surface area contributed by atoms with Gasteiger partial charge in [0.2, 0.25) is 0 Å². The summed E-state index contributed by atoms with van der Waals surface area (Å²) in [5, 5.41) is 8.67. The average Bonchev–Trinajstić information content (AvgIpc) is 2.06. The van der Waals surface area contributed by atoms with Gasteiger partial charge in [-0.1, -0.05) is 30.3 Å². The van der Waals surface area contributed by atoms with Crippen LogP contribution in [0.15, 0.2) is 30.3 Å². The second-order valence-electron chi connectivity index (χ2n) is 2.95. The first-order chi connectivity index (χ1) is 5.83. The van der Waals surface area contributed by atoms with Crippen LogP contribution in [0.1, 0.15) is 5.56 Å². The van der Waals surface area contributed by atoms with Crippen LogP contribution in [0.5, 0.6) is 0 Å². The van der Waals surface area contributed by atoms with Gasteiger partial charge in [-0.25, -0.2) is 0 Å². The van der Waals surface area contributed by atoms with Crippen molar-refractivity contribution in [2.24, 2.45) is 0 Å². The van der Waals surface area contributed by atoms with E-state index in [1.54, 1.807) is 0 Å². The van der Waals surface area contributed by atoms with Crippen molar-refractivity contribution in [3.63, 3.8) is 0 Å². The van der Waals surface area contributed by atoms with Crippen molar-refractivity contribution in [3.05, 3.63) is 35.9 Å². The predicted octanol–water partition coefficient (Wildman–Crippen LogP) is 1.11. The van der Waals surface area contributed by atoms with Crippen LogP contribution >= 0.6 is 0 Å². The molecule has 12 heavy (non-hydrogen) atoms. The maximum Gasteiger partial charge on any atom is 0.0558 e. The highest BCUT2D eigenvalue weighted by Gasteiger charge is 1.97. The number of benzene rings is 1. The summed E-state index contributed by atoms with van der Waals surface area (Å²) < 4.78 is 0. The average molecular weight is 165 g/mol. The Hall–Kier alpha value is -0.860. The molecule has 1 rings (SSSR count). The van der Waals surface area contributed by atoms with Crippen molar-refractivity contribution in [2.45, 2.75) is 6.54 Å². The van der Waals surface area contributed by atoms with Crippen LogP contribution in [-0.2, 0) is 6.54 Å².